The molecule has 2 rings (SSSR count). The van der Waals surface area contributed by atoms with E-state index >= 15 is 0 Å². The zero-order valence-corrected chi connectivity index (χ0v) is 16.7. The zero-order valence-electron chi connectivity index (χ0n) is 15.9. The van der Waals surface area contributed by atoms with Gasteiger partial charge in [0.2, 0.25) is 10.0 Å². The minimum atomic E-state index is -3.17. The van der Waals surface area contributed by atoms with E-state index in [2.05, 4.69) is 37.6 Å². The molecule has 0 atom stereocenters. The van der Waals surface area contributed by atoms with Crippen LogP contribution in [0.25, 0.3) is 5.69 Å². The lowest BCUT2D eigenvalue weighted by Gasteiger charge is -2.12. The van der Waals surface area contributed by atoms with Crippen LogP contribution in [0.5, 0.6) is 0 Å². The quantitative estimate of drug-likeness (QED) is 0.317. The SMILES string of the molecule is CCNC(=NCCNS(=O)(=O)CC)NCCc1ccc(-n2cccn2)cc1. The number of nitrogens with one attached hydrogen (secondary N) is 3. The molecule has 0 unspecified atom stereocenters. The molecule has 0 aliphatic heterocycles. The molecule has 2 aromatic rings. The Morgan fingerprint density at radius 3 is 2.56 bits per heavy atom. The molecule has 148 valence electrons. The summed E-state index contributed by atoms with van der Waals surface area (Å²) in [6, 6.07) is 10.2. The Labute approximate surface area is 161 Å². The molecule has 0 aliphatic rings. The summed E-state index contributed by atoms with van der Waals surface area (Å²) < 4.78 is 27.1. The Morgan fingerprint density at radius 2 is 1.93 bits per heavy atom. The molecule has 1 heterocycles. The average molecular weight is 393 g/mol. The largest absolute Gasteiger partial charge is 0.357 e. The van der Waals surface area contributed by atoms with Gasteiger partial charge in [-0.15, -0.1) is 0 Å². The van der Waals surface area contributed by atoms with Crippen LogP contribution >= 0.6 is 0 Å². The van der Waals surface area contributed by atoms with E-state index in [0.717, 1.165) is 25.2 Å². The average Bonchev–Trinajstić information content (AvgIpc) is 3.20. The van der Waals surface area contributed by atoms with E-state index in [-0.39, 0.29) is 5.75 Å². The standard InChI is InChI=1S/C18H28N6O2S/c1-3-19-18(21-13-14-23-27(25,26)4-2)20-12-10-16-6-8-17(9-7-16)24-15-5-11-22-24/h5-9,11,15,23H,3-4,10,12-14H2,1-2H3,(H2,19,20,21). The lowest BCUT2D eigenvalue weighted by atomic mass is 10.1. The highest BCUT2D eigenvalue weighted by molar-refractivity contribution is 7.89. The summed E-state index contributed by atoms with van der Waals surface area (Å²) in [6.45, 7) is 5.75. The van der Waals surface area contributed by atoms with Crippen LogP contribution < -0.4 is 15.4 Å². The van der Waals surface area contributed by atoms with Crippen molar-refractivity contribution in [2.75, 3.05) is 31.9 Å². The van der Waals surface area contributed by atoms with Crippen molar-refractivity contribution in [3.8, 4) is 5.69 Å². The first-order valence-corrected chi connectivity index (χ1v) is 10.8. The molecular weight excluding hydrogens is 364 g/mol. The summed E-state index contributed by atoms with van der Waals surface area (Å²) >= 11 is 0. The molecule has 1 aromatic carbocycles. The number of aromatic nitrogens is 2. The molecular formula is C18H28N6O2S. The highest BCUT2D eigenvalue weighted by Crippen LogP contribution is 2.08. The lowest BCUT2D eigenvalue weighted by Crippen LogP contribution is -2.39. The first kappa shape index (κ1) is 20.9. The third kappa shape index (κ3) is 7.40. The van der Waals surface area contributed by atoms with Crippen molar-refractivity contribution in [2.24, 2.45) is 4.99 Å². The van der Waals surface area contributed by atoms with Crippen molar-refractivity contribution in [3.63, 3.8) is 0 Å². The Kier molecular flexibility index (Phi) is 8.28. The lowest BCUT2D eigenvalue weighted by molar-refractivity contribution is 0.583. The van der Waals surface area contributed by atoms with Gasteiger partial charge in [0.1, 0.15) is 0 Å². The number of hydrogen-bond acceptors (Lipinski definition) is 4. The Bertz CT molecular complexity index is 801. The minimum absolute atomic E-state index is 0.0776. The second kappa shape index (κ2) is 10.7. The molecule has 3 N–H and O–H groups in total. The van der Waals surface area contributed by atoms with Crippen LogP contribution in [0, 0.1) is 0 Å². The molecule has 0 amide bonds. The van der Waals surface area contributed by atoms with E-state index in [4.69, 9.17) is 0 Å². The highest BCUT2D eigenvalue weighted by atomic mass is 32.2. The molecule has 1 aromatic heterocycles. The summed E-state index contributed by atoms with van der Waals surface area (Å²) in [6.07, 6.45) is 4.52. The maximum absolute atomic E-state index is 11.4. The molecule has 0 saturated carbocycles. The maximum atomic E-state index is 11.4. The van der Waals surface area contributed by atoms with E-state index in [1.807, 2.05) is 36.0 Å². The number of hydrogen-bond donors (Lipinski definition) is 3. The molecule has 9 heteroatoms. The van der Waals surface area contributed by atoms with Gasteiger partial charge in [0.15, 0.2) is 5.96 Å². The summed E-state index contributed by atoms with van der Waals surface area (Å²) in [7, 11) is -3.17. The predicted molar refractivity (Wildman–Crippen MR) is 109 cm³/mol. The van der Waals surface area contributed by atoms with Gasteiger partial charge in [-0.2, -0.15) is 5.10 Å². The van der Waals surface area contributed by atoms with Gasteiger partial charge in [0, 0.05) is 32.0 Å². The Hall–Kier alpha value is -2.39. The fourth-order valence-corrected chi connectivity index (χ4v) is 2.98. The van der Waals surface area contributed by atoms with Crippen molar-refractivity contribution >= 4 is 16.0 Å². The van der Waals surface area contributed by atoms with Crippen molar-refractivity contribution < 1.29 is 8.42 Å². The topological polar surface area (TPSA) is 100 Å². The number of benzene rings is 1. The normalized spacial score (nSPS) is 12.1. The second-order valence-corrected chi connectivity index (χ2v) is 7.95. The first-order valence-electron chi connectivity index (χ1n) is 9.12. The highest BCUT2D eigenvalue weighted by Gasteiger charge is 2.04. The van der Waals surface area contributed by atoms with Crippen molar-refractivity contribution in [1.29, 1.82) is 0 Å². The van der Waals surface area contributed by atoms with Crippen molar-refractivity contribution in [2.45, 2.75) is 20.3 Å². The number of guanidine groups is 1. The van der Waals surface area contributed by atoms with E-state index in [1.54, 1.807) is 13.1 Å². The molecule has 0 fully saturated rings. The molecule has 0 radical (unpaired) electrons. The van der Waals surface area contributed by atoms with Crippen LogP contribution in [0.2, 0.25) is 0 Å². The summed E-state index contributed by atoms with van der Waals surface area (Å²) in [5.41, 5.74) is 2.24. The van der Waals surface area contributed by atoms with E-state index in [0.29, 0.717) is 19.0 Å². The first-order chi connectivity index (χ1) is 13.0. The minimum Gasteiger partial charge on any atom is -0.357 e. The second-order valence-electron chi connectivity index (χ2n) is 5.85. The van der Waals surface area contributed by atoms with Gasteiger partial charge in [-0.25, -0.2) is 17.8 Å². The summed E-state index contributed by atoms with van der Waals surface area (Å²) in [5.74, 6) is 0.759. The van der Waals surface area contributed by atoms with Crippen LogP contribution in [-0.4, -0.2) is 56.1 Å². The monoisotopic (exact) mass is 392 g/mol. The third-order valence-corrected chi connectivity index (χ3v) is 5.24. The van der Waals surface area contributed by atoms with Crippen molar-refractivity contribution in [1.82, 2.24) is 25.1 Å². The van der Waals surface area contributed by atoms with E-state index < -0.39 is 10.0 Å². The smallest absolute Gasteiger partial charge is 0.211 e. The molecule has 0 aliphatic carbocycles. The van der Waals surface area contributed by atoms with Gasteiger partial charge in [-0.3, -0.25) is 4.99 Å². The van der Waals surface area contributed by atoms with Crippen LogP contribution in [0.4, 0.5) is 0 Å². The van der Waals surface area contributed by atoms with E-state index in [9.17, 15) is 8.42 Å². The van der Waals surface area contributed by atoms with Gasteiger partial charge in [0.05, 0.1) is 18.0 Å². The molecule has 27 heavy (non-hydrogen) atoms. The summed E-state index contributed by atoms with van der Waals surface area (Å²) in [4.78, 5) is 4.39. The van der Waals surface area contributed by atoms with Crippen LogP contribution in [0.3, 0.4) is 0 Å². The van der Waals surface area contributed by atoms with Crippen molar-refractivity contribution in [3.05, 3.63) is 48.3 Å². The number of rotatable bonds is 10. The zero-order chi connectivity index (χ0) is 19.5. The molecule has 0 spiro atoms. The number of nitrogens with zero attached hydrogens (tertiary/aromatic N) is 3. The molecule has 8 nitrogen and oxygen atoms in total. The van der Waals surface area contributed by atoms with Gasteiger partial charge in [-0.1, -0.05) is 12.1 Å². The van der Waals surface area contributed by atoms with Gasteiger partial charge >= 0.3 is 0 Å². The number of aliphatic imine (C=N–C) groups is 1. The molecule has 0 bridgehead atoms. The third-order valence-electron chi connectivity index (χ3n) is 3.84. The Morgan fingerprint density at radius 1 is 1.15 bits per heavy atom. The fraction of sp³-hybridized carbons (Fsp3) is 0.444. The fourth-order valence-electron chi connectivity index (χ4n) is 2.37. The molecule has 0 saturated heterocycles. The van der Waals surface area contributed by atoms with Crippen LogP contribution in [-0.2, 0) is 16.4 Å². The van der Waals surface area contributed by atoms with Gasteiger partial charge < -0.3 is 10.6 Å². The Balaban J connectivity index is 1.78. The van der Waals surface area contributed by atoms with Gasteiger partial charge in [-0.05, 0) is 44.0 Å². The van der Waals surface area contributed by atoms with Gasteiger partial charge in [0.25, 0.3) is 0 Å². The number of sulfonamides is 1. The van der Waals surface area contributed by atoms with E-state index in [1.165, 1.54) is 5.56 Å². The van der Waals surface area contributed by atoms with Crippen LogP contribution in [0.15, 0.2) is 47.7 Å². The maximum Gasteiger partial charge on any atom is 0.211 e. The van der Waals surface area contributed by atoms with Crippen LogP contribution in [0.1, 0.15) is 19.4 Å². The summed E-state index contributed by atoms with van der Waals surface area (Å²) in [5, 5.41) is 10.6. The predicted octanol–water partition coefficient (Wildman–Crippen LogP) is 0.909.